The highest BCUT2D eigenvalue weighted by molar-refractivity contribution is 5.92. The Kier molecular flexibility index (Phi) is 4.93. The number of nitrogens with zero attached hydrogens (tertiary/aromatic N) is 5. The molecule has 10 heteroatoms. The number of anilines is 1. The summed E-state index contributed by atoms with van der Waals surface area (Å²) in [6.07, 6.45) is -1.34. The van der Waals surface area contributed by atoms with Gasteiger partial charge in [-0.25, -0.2) is 15.0 Å². The second kappa shape index (κ2) is 7.77. The van der Waals surface area contributed by atoms with E-state index in [-0.39, 0.29) is 17.6 Å². The first-order valence-corrected chi connectivity index (χ1v) is 10.2. The third kappa shape index (κ3) is 3.90. The van der Waals surface area contributed by atoms with Crippen LogP contribution in [0.2, 0.25) is 0 Å². The van der Waals surface area contributed by atoms with E-state index in [2.05, 4.69) is 25.7 Å². The lowest BCUT2D eigenvalue weighted by Crippen LogP contribution is -2.32. The molecule has 1 aromatic carbocycles. The fourth-order valence-corrected chi connectivity index (χ4v) is 3.80. The zero-order chi connectivity index (χ0) is 21.4. The molecule has 0 radical (unpaired) electrons. The molecule has 0 unspecified atom stereocenters. The van der Waals surface area contributed by atoms with Crippen LogP contribution in [-0.4, -0.2) is 43.7 Å². The number of nitrogens with one attached hydrogen (secondary N) is 2. The molecule has 0 bridgehead atoms. The van der Waals surface area contributed by atoms with E-state index < -0.39 is 11.9 Å². The number of rotatable bonds is 3. The highest BCUT2D eigenvalue weighted by atomic mass is 19.4. The summed E-state index contributed by atoms with van der Waals surface area (Å²) in [5.41, 5.74) is 0.332. The maximum Gasteiger partial charge on any atom is 0.433 e. The van der Waals surface area contributed by atoms with Gasteiger partial charge in [0.05, 0.1) is 5.52 Å². The van der Waals surface area contributed by atoms with Gasteiger partial charge in [-0.15, -0.1) is 5.10 Å². The van der Waals surface area contributed by atoms with Gasteiger partial charge in [-0.3, -0.25) is 0 Å². The summed E-state index contributed by atoms with van der Waals surface area (Å²) in [5.74, 6) is 0.624. The Labute approximate surface area is 175 Å². The molecular weight excluding hydrogens is 407 g/mol. The van der Waals surface area contributed by atoms with Crippen LogP contribution >= 0.6 is 0 Å². The van der Waals surface area contributed by atoms with Crippen molar-refractivity contribution in [2.45, 2.75) is 31.5 Å². The van der Waals surface area contributed by atoms with Gasteiger partial charge in [0.15, 0.2) is 5.65 Å². The number of para-hydroxylation sites is 1. The van der Waals surface area contributed by atoms with Gasteiger partial charge in [0.25, 0.3) is 0 Å². The number of aromatic nitrogens is 5. The summed E-state index contributed by atoms with van der Waals surface area (Å²) in [5, 5.41) is 12.1. The van der Waals surface area contributed by atoms with Crippen molar-refractivity contribution in [3.63, 3.8) is 0 Å². The van der Waals surface area contributed by atoms with Crippen LogP contribution in [0, 0.1) is 0 Å². The van der Waals surface area contributed by atoms with Crippen LogP contribution in [0.5, 0.6) is 0 Å². The number of alkyl halides is 3. The molecule has 1 aliphatic heterocycles. The second-order valence-electron chi connectivity index (χ2n) is 7.57. The van der Waals surface area contributed by atoms with Crippen molar-refractivity contribution in [3.05, 3.63) is 48.2 Å². The summed E-state index contributed by atoms with van der Waals surface area (Å²) < 4.78 is 40.9. The molecule has 4 heterocycles. The van der Waals surface area contributed by atoms with E-state index in [0.717, 1.165) is 49.3 Å². The summed E-state index contributed by atoms with van der Waals surface area (Å²) in [6, 6.07) is 11.4. The van der Waals surface area contributed by atoms with Crippen LogP contribution in [0.4, 0.5) is 19.1 Å². The van der Waals surface area contributed by atoms with E-state index >= 15 is 0 Å². The summed E-state index contributed by atoms with van der Waals surface area (Å²) >= 11 is 0. The lowest BCUT2D eigenvalue weighted by molar-refractivity contribution is -0.141. The summed E-state index contributed by atoms with van der Waals surface area (Å²) in [7, 11) is 0. The molecule has 0 spiro atoms. The number of pyridine rings is 1. The molecule has 1 aliphatic rings. The Morgan fingerprint density at radius 1 is 1.00 bits per heavy atom. The van der Waals surface area contributed by atoms with Gasteiger partial charge in [0.2, 0.25) is 11.8 Å². The van der Waals surface area contributed by atoms with Gasteiger partial charge in [-0.2, -0.15) is 17.7 Å². The van der Waals surface area contributed by atoms with Gasteiger partial charge in [0.1, 0.15) is 11.4 Å². The van der Waals surface area contributed by atoms with Crippen molar-refractivity contribution in [1.29, 1.82) is 0 Å². The van der Waals surface area contributed by atoms with E-state index in [1.165, 1.54) is 12.1 Å². The maximum absolute atomic E-state index is 13.1. The minimum Gasteiger partial charge on any atom is -0.350 e. The molecule has 1 saturated heterocycles. The Balaban J connectivity index is 1.63. The van der Waals surface area contributed by atoms with E-state index in [1.807, 2.05) is 24.3 Å². The molecule has 160 valence electrons. The van der Waals surface area contributed by atoms with Gasteiger partial charge >= 0.3 is 6.18 Å². The smallest absolute Gasteiger partial charge is 0.350 e. The summed E-state index contributed by atoms with van der Waals surface area (Å²) in [6.45, 7) is 1.78. The normalized spacial score (nSPS) is 17.7. The largest absolute Gasteiger partial charge is 0.433 e. The van der Waals surface area contributed by atoms with Gasteiger partial charge in [-0.05, 0) is 43.7 Å². The number of fused-ring (bicyclic) bond motifs is 3. The number of hydrogen-bond donors (Lipinski definition) is 2. The van der Waals surface area contributed by atoms with Crippen molar-refractivity contribution in [1.82, 2.24) is 29.9 Å². The zero-order valence-electron chi connectivity index (χ0n) is 16.5. The van der Waals surface area contributed by atoms with Crippen LogP contribution in [-0.2, 0) is 6.18 Å². The minimum atomic E-state index is -4.54. The van der Waals surface area contributed by atoms with Crippen molar-refractivity contribution < 1.29 is 13.2 Å². The molecule has 4 aromatic rings. The first-order valence-electron chi connectivity index (χ1n) is 10.2. The third-order valence-electron chi connectivity index (χ3n) is 5.33. The highest BCUT2D eigenvalue weighted by Gasteiger charge is 2.33. The Morgan fingerprint density at radius 3 is 2.74 bits per heavy atom. The monoisotopic (exact) mass is 427 g/mol. The number of benzene rings is 1. The van der Waals surface area contributed by atoms with Crippen molar-refractivity contribution in [2.75, 3.05) is 18.4 Å². The van der Waals surface area contributed by atoms with Crippen molar-refractivity contribution in [2.24, 2.45) is 0 Å². The summed E-state index contributed by atoms with van der Waals surface area (Å²) in [4.78, 5) is 13.0. The topological polar surface area (TPSA) is 80.0 Å². The number of hydrogen-bond acceptors (Lipinski definition) is 6. The average molecular weight is 427 g/mol. The van der Waals surface area contributed by atoms with Crippen LogP contribution < -0.4 is 10.6 Å². The van der Waals surface area contributed by atoms with E-state index in [1.54, 1.807) is 4.52 Å². The second-order valence-corrected chi connectivity index (χ2v) is 7.57. The Hall–Kier alpha value is -3.27. The Bertz CT molecular complexity index is 1230. The maximum atomic E-state index is 13.1. The van der Waals surface area contributed by atoms with Gasteiger partial charge in [0, 0.05) is 18.0 Å². The number of halogens is 3. The zero-order valence-corrected chi connectivity index (χ0v) is 16.5. The van der Waals surface area contributed by atoms with Crippen LogP contribution in [0.1, 0.15) is 25.0 Å². The SMILES string of the molecule is FC(F)(F)c1cccc(-c2nc3c4ccccc4nc(N[C@@H]4CCCCNC4)n3n2)n1. The van der Waals surface area contributed by atoms with Gasteiger partial charge < -0.3 is 10.6 Å². The fourth-order valence-electron chi connectivity index (χ4n) is 3.80. The van der Waals surface area contributed by atoms with Crippen molar-refractivity contribution >= 4 is 22.5 Å². The molecule has 0 saturated carbocycles. The lowest BCUT2D eigenvalue weighted by Gasteiger charge is -2.17. The van der Waals surface area contributed by atoms with E-state index in [0.29, 0.717) is 11.6 Å². The molecule has 0 amide bonds. The minimum absolute atomic E-state index is 0.0599. The molecule has 3 aromatic heterocycles. The standard InChI is InChI=1S/C21H20F3N7/c22-21(23,24)17-10-5-9-16(27-17)18-29-19-14-7-1-2-8-15(14)28-20(31(19)30-18)26-13-6-3-4-11-25-12-13/h1-2,5,7-10,13,25H,3-4,6,11-12H2,(H,26,28)/t13-/m1/s1. The molecular formula is C21H20F3N7. The van der Waals surface area contributed by atoms with Crippen molar-refractivity contribution in [3.8, 4) is 11.5 Å². The van der Waals surface area contributed by atoms with E-state index in [9.17, 15) is 13.2 Å². The van der Waals surface area contributed by atoms with Crippen LogP contribution in [0.3, 0.4) is 0 Å². The molecule has 1 fully saturated rings. The van der Waals surface area contributed by atoms with E-state index in [4.69, 9.17) is 4.98 Å². The average Bonchev–Trinajstić information content (AvgIpc) is 3.06. The van der Waals surface area contributed by atoms with Crippen LogP contribution in [0.25, 0.3) is 28.1 Å². The molecule has 1 atom stereocenters. The molecule has 31 heavy (non-hydrogen) atoms. The molecule has 7 nitrogen and oxygen atoms in total. The molecule has 2 N–H and O–H groups in total. The fraction of sp³-hybridized carbons (Fsp3) is 0.333. The third-order valence-corrected chi connectivity index (χ3v) is 5.33. The first-order chi connectivity index (χ1) is 15.0. The highest BCUT2D eigenvalue weighted by Crippen LogP contribution is 2.29. The predicted octanol–water partition coefficient (Wildman–Crippen LogP) is 3.91. The molecule has 0 aliphatic carbocycles. The molecule has 5 rings (SSSR count). The predicted molar refractivity (Wildman–Crippen MR) is 111 cm³/mol. The Morgan fingerprint density at radius 2 is 1.87 bits per heavy atom. The first kappa shape index (κ1) is 19.7. The van der Waals surface area contributed by atoms with Crippen LogP contribution in [0.15, 0.2) is 42.5 Å². The van der Waals surface area contributed by atoms with Gasteiger partial charge in [-0.1, -0.05) is 24.6 Å². The lowest BCUT2D eigenvalue weighted by atomic mass is 10.1. The quantitative estimate of drug-likeness (QED) is 0.516.